The van der Waals surface area contributed by atoms with E-state index in [4.69, 9.17) is 4.74 Å². The van der Waals surface area contributed by atoms with Crippen LogP contribution in [0, 0.1) is 0 Å². The summed E-state index contributed by atoms with van der Waals surface area (Å²) >= 11 is 0. The van der Waals surface area contributed by atoms with Gasteiger partial charge in [-0.25, -0.2) is 0 Å². The van der Waals surface area contributed by atoms with Crippen molar-refractivity contribution in [3.8, 4) is 17.2 Å². The van der Waals surface area contributed by atoms with E-state index in [-0.39, 0.29) is 17.6 Å². The third kappa shape index (κ3) is 1.90. The summed E-state index contributed by atoms with van der Waals surface area (Å²) < 4.78 is 5.51. The highest BCUT2D eigenvalue weighted by molar-refractivity contribution is 5.44. The summed E-state index contributed by atoms with van der Waals surface area (Å²) in [4.78, 5) is 0. The summed E-state index contributed by atoms with van der Waals surface area (Å²) in [6, 6.07) is 4.27. The molecule has 0 aromatic heterocycles. The van der Waals surface area contributed by atoms with Gasteiger partial charge in [0.2, 0.25) is 0 Å². The minimum absolute atomic E-state index is 0.0645. The molecule has 2 rings (SSSR count). The molecule has 1 atom stereocenters. The van der Waals surface area contributed by atoms with E-state index >= 15 is 0 Å². The largest absolute Gasteiger partial charge is 0.508 e. The first-order valence-electron chi connectivity index (χ1n) is 4.65. The standard InChI is InChI=1S/C10H13NO3/c12-7-1-2-9(13)10(5-7)14-8-3-4-11-6-8/h1-2,5,8,11-13H,3-4,6H2. The number of aromatic hydroxyl groups is 2. The number of rotatable bonds is 2. The molecule has 1 saturated heterocycles. The Labute approximate surface area is 82.1 Å². The predicted molar refractivity (Wildman–Crippen MR) is 51.7 cm³/mol. The molecule has 1 aliphatic rings. The Morgan fingerprint density at radius 3 is 2.93 bits per heavy atom. The van der Waals surface area contributed by atoms with Crippen LogP contribution in [0.5, 0.6) is 17.2 Å². The fraction of sp³-hybridized carbons (Fsp3) is 0.400. The van der Waals surface area contributed by atoms with Crippen LogP contribution in [-0.2, 0) is 0 Å². The lowest BCUT2D eigenvalue weighted by molar-refractivity contribution is 0.213. The van der Waals surface area contributed by atoms with Gasteiger partial charge in [0.1, 0.15) is 11.9 Å². The van der Waals surface area contributed by atoms with Gasteiger partial charge in [-0.2, -0.15) is 0 Å². The van der Waals surface area contributed by atoms with Crippen LogP contribution in [0.15, 0.2) is 18.2 Å². The predicted octanol–water partition coefficient (Wildman–Crippen LogP) is 0.839. The number of hydrogen-bond acceptors (Lipinski definition) is 4. The zero-order valence-corrected chi connectivity index (χ0v) is 7.73. The van der Waals surface area contributed by atoms with E-state index in [1.54, 1.807) is 0 Å². The molecule has 3 N–H and O–H groups in total. The van der Waals surface area contributed by atoms with E-state index in [0.29, 0.717) is 5.75 Å². The smallest absolute Gasteiger partial charge is 0.165 e. The Hall–Kier alpha value is -1.42. The third-order valence-corrected chi connectivity index (χ3v) is 2.25. The lowest BCUT2D eigenvalue weighted by Gasteiger charge is -2.13. The summed E-state index contributed by atoms with van der Waals surface area (Å²) in [6.07, 6.45) is 1.01. The Bertz CT molecular complexity index is 321. The zero-order chi connectivity index (χ0) is 9.97. The highest BCUT2D eigenvalue weighted by Gasteiger charge is 2.17. The first-order chi connectivity index (χ1) is 6.75. The molecule has 1 heterocycles. The Morgan fingerprint density at radius 2 is 2.21 bits per heavy atom. The second-order valence-electron chi connectivity index (χ2n) is 3.38. The maximum Gasteiger partial charge on any atom is 0.165 e. The number of phenolic OH excluding ortho intramolecular Hbond substituents is 2. The molecule has 1 aliphatic heterocycles. The van der Waals surface area contributed by atoms with Crippen molar-refractivity contribution < 1.29 is 14.9 Å². The SMILES string of the molecule is Oc1ccc(O)c(OC2CCNC2)c1. The quantitative estimate of drug-likeness (QED) is 0.612. The van der Waals surface area contributed by atoms with Crippen molar-refractivity contribution >= 4 is 0 Å². The molecule has 1 aromatic rings. The minimum Gasteiger partial charge on any atom is -0.508 e. The summed E-state index contributed by atoms with van der Waals surface area (Å²) in [5.74, 6) is 0.511. The van der Waals surface area contributed by atoms with Gasteiger partial charge >= 0.3 is 0 Å². The molecule has 1 aromatic carbocycles. The normalized spacial score (nSPS) is 21.0. The Kier molecular flexibility index (Phi) is 2.45. The van der Waals surface area contributed by atoms with Crippen molar-refractivity contribution in [3.63, 3.8) is 0 Å². The molecule has 76 valence electrons. The number of nitrogens with one attached hydrogen (secondary N) is 1. The van der Waals surface area contributed by atoms with Crippen molar-refractivity contribution in [1.29, 1.82) is 0 Å². The van der Waals surface area contributed by atoms with Crippen molar-refractivity contribution in [2.45, 2.75) is 12.5 Å². The monoisotopic (exact) mass is 195 g/mol. The molecule has 1 unspecified atom stereocenters. The van der Waals surface area contributed by atoms with Gasteiger partial charge in [-0.3, -0.25) is 0 Å². The highest BCUT2D eigenvalue weighted by atomic mass is 16.5. The van der Waals surface area contributed by atoms with Gasteiger partial charge in [-0.05, 0) is 25.1 Å². The molecular weight excluding hydrogens is 182 g/mol. The highest BCUT2D eigenvalue weighted by Crippen LogP contribution is 2.30. The van der Waals surface area contributed by atoms with Gasteiger partial charge < -0.3 is 20.3 Å². The fourth-order valence-electron chi connectivity index (χ4n) is 1.51. The molecule has 0 spiro atoms. The summed E-state index contributed by atoms with van der Waals surface area (Å²) in [5, 5.41) is 21.8. The first kappa shape index (κ1) is 9.15. The molecule has 1 fully saturated rings. The van der Waals surface area contributed by atoms with Crippen molar-refractivity contribution in [3.05, 3.63) is 18.2 Å². The van der Waals surface area contributed by atoms with E-state index in [2.05, 4.69) is 5.32 Å². The molecule has 0 radical (unpaired) electrons. The first-order valence-corrected chi connectivity index (χ1v) is 4.65. The Balaban J connectivity index is 2.10. The van der Waals surface area contributed by atoms with Crippen LogP contribution in [-0.4, -0.2) is 29.4 Å². The lowest BCUT2D eigenvalue weighted by Crippen LogP contribution is -2.19. The Morgan fingerprint density at radius 1 is 1.36 bits per heavy atom. The average Bonchev–Trinajstić information content (AvgIpc) is 2.64. The van der Waals surface area contributed by atoms with Gasteiger partial charge in [0.25, 0.3) is 0 Å². The fourth-order valence-corrected chi connectivity index (χ4v) is 1.51. The summed E-state index contributed by atoms with van der Waals surface area (Å²) in [5.41, 5.74) is 0. The average molecular weight is 195 g/mol. The second-order valence-corrected chi connectivity index (χ2v) is 3.38. The van der Waals surface area contributed by atoms with Crippen LogP contribution in [0.1, 0.15) is 6.42 Å². The minimum atomic E-state index is 0.0645. The van der Waals surface area contributed by atoms with Crippen LogP contribution >= 0.6 is 0 Å². The molecule has 4 nitrogen and oxygen atoms in total. The number of ether oxygens (including phenoxy) is 1. The molecule has 0 aliphatic carbocycles. The molecule has 0 saturated carbocycles. The third-order valence-electron chi connectivity index (χ3n) is 2.25. The van der Waals surface area contributed by atoms with Gasteiger partial charge in [0, 0.05) is 12.6 Å². The van der Waals surface area contributed by atoms with Gasteiger partial charge in [-0.1, -0.05) is 0 Å². The molecular formula is C10H13NO3. The summed E-state index contributed by atoms with van der Waals surface area (Å²) in [6.45, 7) is 1.72. The van der Waals surface area contributed by atoms with Gasteiger partial charge in [0.05, 0.1) is 0 Å². The lowest BCUT2D eigenvalue weighted by atomic mass is 10.3. The number of benzene rings is 1. The van der Waals surface area contributed by atoms with E-state index in [9.17, 15) is 10.2 Å². The van der Waals surface area contributed by atoms with Crippen molar-refractivity contribution in [1.82, 2.24) is 5.32 Å². The molecule has 14 heavy (non-hydrogen) atoms. The van der Waals surface area contributed by atoms with E-state index in [0.717, 1.165) is 19.5 Å². The van der Waals surface area contributed by atoms with Crippen molar-refractivity contribution in [2.24, 2.45) is 0 Å². The van der Waals surface area contributed by atoms with Crippen LogP contribution in [0.25, 0.3) is 0 Å². The van der Waals surface area contributed by atoms with Crippen LogP contribution in [0.3, 0.4) is 0 Å². The maximum absolute atomic E-state index is 9.44. The topological polar surface area (TPSA) is 61.7 Å². The number of phenols is 2. The second kappa shape index (κ2) is 3.75. The molecule has 0 bridgehead atoms. The van der Waals surface area contributed by atoms with Crippen molar-refractivity contribution in [2.75, 3.05) is 13.1 Å². The van der Waals surface area contributed by atoms with Crippen LogP contribution < -0.4 is 10.1 Å². The van der Waals surface area contributed by atoms with E-state index in [1.807, 2.05) is 0 Å². The summed E-state index contributed by atoms with van der Waals surface area (Å²) in [7, 11) is 0. The maximum atomic E-state index is 9.44. The van der Waals surface area contributed by atoms with E-state index < -0.39 is 0 Å². The zero-order valence-electron chi connectivity index (χ0n) is 7.73. The number of hydrogen-bond donors (Lipinski definition) is 3. The van der Waals surface area contributed by atoms with E-state index in [1.165, 1.54) is 18.2 Å². The van der Waals surface area contributed by atoms with Crippen LogP contribution in [0.4, 0.5) is 0 Å². The molecule has 4 heteroatoms. The van der Waals surface area contributed by atoms with Crippen LogP contribution in [0.2, 0.25) is 0 Å². The van der Waals surface area contributed by atoms with Gasteiger partial charge in [-0.15, -0.1) is 0 Å². The van der Waals surface area contributed by atoms with Gasteiger partial charge in [0.15, 0.2) is 11.5 Å². The molecule has 0 amide bonds.